The van der Waals surface area contributed by atoms with Crippen molar-refractivity contribution in [2.45, 2.75) is 52.0 Å². The Labute approximate surface area is 139 Å². The Bertz CT molecular complexity index is 673. The minimum absolute atomic E-state index is 0.0215. The molecule has 1 aromatic carbocycles. The molecule has 124 valence electrons. The average Bonchev–Trinajstić information content (AvgIpc) is 2.93. The Hall–Kier alpha value is -1.81. The maximum atomic E-state index is 6.07. The highest BCUT2D eigenvalue weighted by molar-refractivity contribution is 5.56. The lowest BCUT2D eigenvalue weighted by Crippen LogP contribution is -2.40. The summed E-state index contributed by atoms with van der Waals surface area (Å²) in [5.41, 5.74) is 11.0. The van der Waals surface area contributed by atoms with E-state index in [0.29, 0.717) is 6.04 Å². The molecule has 0 aliphatic carbocycles. The van der Waals surface area contributed by atoms with E-state index in [1.807, 2.05) is 6.20 Å². The predicted molar refractivity (Wildman–Crippen MR) is 96.4 cm³/mol. The van der Waals surface area contributed by atoms with Gasteiger partial charge < -0.3 is 10.6 Å². The van der Waals surface area contributed by atoms with Gasteiger partial charge in [0.05, 0.1) is 23.3 Å². The smallest absolute Gasteiger partial charge is 0.0795 e. The van der Waals surface area contributed by atoms with Gasteiger partial charge >= 0.3 is 0 Å². The summed E-state index contributed by atoms with van der Waals surface area (Å²) >= 11 is 0. The van der Waals surface area contributed by atoms with E-state index in [2.05, 4.69) is 61.5 Å². The van der Waals surface area contributed by atoms with Gasteiger partial charge in [-0.1, -0.05) is 39.0 Å². The zero-order valence-electron chi connectivity index (χ0n) is 14.7. The van der Waals surface area contributed by atoms with Gasteiger partial charge in [0.15, 0.2) is 0 Å². The van der Waals surface area contributed by atoms with Gasteiger partial charge in [-0.15, -0.1) is 0 Å². The number of nitrogens with two attached hydrogens (primary N) is 1. The van der Waals surface area contributed by atoms with Crippen LogP contribution in [0.15, 0.2) is 30.5 Å². The molecule has 2 N–H and O–H groups in total. The third-order valence-electron chi connectivity index (χ3n) is 4.68. The molecule has 1 saturated heterocycles. The number of anilines is 1. The largest absolute Gasteiger partial charge is 0.369 e. The van der Waals surface area contributed by atoms with E-state index in [1.165, 1.54) is 16.9 Å². The molecule has 1 aromatic heterocycles. The Morgan fingerprint density at radius 3 is 2.35 bits per heavy atom. The Morgan fingerprint density at radius 2 is 1.74 bits per heavy atom. The number of aromatic nitrogens is 2. The van der Waals surface area contributed by atoms with Crippen molar-refractivity contribution in [2.24, 2.45) is 5.73 Å². The predicted octanol–water partition coefficient (Wildman–Crippen LogP) is 3.41. The third kappa shape index (κ3) is 3.13. The van der Waals surface area contributed by atoms with E-state index in [4.69, 9.17) is 10.8 Å². The lowest BCUT2D eigenvalue weighted by molar-refractivity contribution is 0.492. The third-order valence-corrected chi connectivity index (χ3v) is 4.68. The number of nitrogens with zero attached hydrogens (tertiary/aromatic N) is 3. The van der Waals surface area contributed by atoms with Crippen molar-refractivity contribution in [3.05, 3.63) is 41.7 Å². The van der Waals surface area contributed by atoms with Crippen LogP contribution in [0, 0.1) is 6.92 Å². The minimum Gasteiger partial charge on any atom is -0.369 e. The number of para-hydroxylation sites is 1. The van der Waals surface area contributed by atoms with Crippen LogP contribution in [0.1, 0.15) is 44.9 Å². The number of hydrogen-bond acceptors (Lipinski definition) is 3. The van der Waals surface area contributed by atoms with E-state index in [-0.39, 0.29) is 5.41 Å². The van der Waals surface area contributed by atoms with Crippen LogP contribution in [0.4, 0.5) is 5.69 Å². The summed E-state index contributed by atoms with van der Waals surface area (Å²) in [4.78, 5) is 2.45. The number of aryl methyl sites for hydroxylation is 1. The van der Waals surface area contributed by atoms with Gasteiger partial charge in [-0.25, -0.2) is 4.68 Å². The normalized spacial score (nSPS) is 16.8. The zero-order valence-corrected chi connectivity index (χ0v) is 14.7. The monoisotopic (exact) mass is 312 g/mol. The van der Waals surface area contributed by atoms with Gasteiger partial charge in [0.1, 0.15) is 0 Å². The van der Waals surface area contributed by atoms with Crippen LogP contribution in [0.3, 0.4) is 0 Å². The van der Waals surface area contributed by atoms with Crippen LogP contribution in [-0.2, 0) is 5.41 Å². The van der Waals surface area contributed by atoms with Crippen LogP contribution >= 0.6 is 0 Å². The maximum Gasteiger partial charge on any atom is 0.0795 e. The van der Waals surface area contributed by atoms with E-state index >= 15 is 0 Å². The maximum absolute atomic E-state index is 6.07. The first kappa shape index (κ1) is 16.1. The van der Waals surface area contributed by atoms with Crippen LogP contribution in [-0.4, -0.2) is 28.9 Å². The van der Waals surface area contributed by atoms with Gasteiger partial charge in [-0.3, -0.25) is 0 Å². The SMILES string of the molecule is Cc1ccccc1-n1ncc(N2CCC(N)CC2)c1C(C)(C)C. The summed E-state index contributed by atoms with van der Waals surface area (Å²) in [6.45, 7) is 11.0. The van der Waals surface area contributed by atoms with Gasteiger partial charge in [-0.05, 0) is 31.4 Å². The summed E-state index contributed by atoms with van der Waals surface area (Å²) in [6.07, 6.45) is 4.14. The Morgan fingerprint density at radius 1 is 1.09 bits per heavy atom. The first-order valence-electron chi connectivity index (χ1n) is 8.53. The molecule has 0 atom stereocenters. The van der Waals surface area contributed by atoms with Crippen molar-refractivity contribution in [2.75, 3.05) is 18.0 Å². The van der Waals surface area contributed by atoms with Gasteiger partial charge in [-0.2, -0.15) is 5.10 Å². The summed E-state index contributed by atoms with van der Waals surface area (Å²) in [6, 6.07) is 8.79. The highest BCUT2D eigenvalue weighted by atomic mass is 15.3. The first-order valence-corrected chi connectivity index (χ1v) is 8.53. The molecule has 1 fully saturated rings. The lowest BCUT2D eigenvalue weighted by atomic mass is 9.90. The van der Waals surface area contributed by atoms with E-state index in [0.717, 1.165) is 31.6 Å². The fourth-order valence-electron chi connectivity index (χ4n) is 3.40. The molecule has 4 nitrogen and oxygen atoms in total. The fourth-order valence-corrected chi connectivity index (χ4v) is 3.40. The van der Waals surface area contributed by atoms with Crippen LogP contribution < -0.4 is 10.6 Å². The molecule has 1 aliphatic heterocycles. The molecule has 0 spiro atoms. The summed E-state index contributed by atoms with van der Waals surface area (Å²) in [7, 11) is 0. The molecular formula is C19H28N4. The molecule has 0 unspecified atom stereocenters. The van der Waals surface area contributed by atoms with Crippen molar-refractivity contribution in [1.29, 1.82) is 0 Å². The van der Waals surface area contributed by atoms with E-state index in [1.54, 1.807) is 0 Å². The Kier molecular flexibility index (Phi) is 4.19. The molecule has 0 bridgehead atoms. The lowest BCUT2D eigenvalue weighted by Gasteiger charge is -2.34. The van der Waals surface area contributed by atoms with E-state index in [9.17, 15) is 0 Å². The molecule has 4 heteroatoms. The van der Waals surface area contributed by atoms with Crippen LogP contribution in [0.2, 0.25) is 0 Å². The second kappa shape index (κ2) is 6.00. The summed E-state index contributed by atoms with van der Waals surface area (Å²) in [5.74, 6) is 0. The average molecular weight is 312 g/mol. The molecule has 0 amide bonds. The zero-order chi connectivity index (χ0) is 16.6. The van der Waals surface area contributed by atoms with Crippen LogP contribution in [0.5, 0.6) is 0 Å². The number of hydrogen-bond donors (Lipinski definition) is 1. The van der Waals surface area contributed by atoms with Gasteiger partial charge in [0.25, 0.3) is 0 Å². The van der Waals surface area contributed by atoms with Gasteiger partial charge in [0.2, 0.25) is 0 Å². The van der Waals surface area contributed by atoms with Crippen molar-refractivity contribution >= 4 is 5.69 Å². The number of rotatable bonds is 2. The van der Waals surface area contributed by atoms with Crippen molar-refractivity contribution in [1.82, 2.24) is 9.78 Å². The molecule has 0 radical (unpaired) electrons. The topological polar surface area (TPSA) is 47.1 Å². The summed E-state index contributed by atoms with van der Waals surface area (Å²) in [5, 5.41) is 4.75. The van der Waals surface area contributed by atoms with Crippen LogP contribution in [0.25, 0.3) is 5.69 Å². The molecule has 3 rings (SSSR count). The molecule has 23 heavy (non-hydrogen) atoms. The minimum atomic E-state index is 0.0215. The first-order chi connectivity index (χ1) is 10.9. The van der Waals surface area contributed by atoms with E-state index < -0.39 is 0 Å². The highest BCUT2D eigenvalue weighted by Gasteiger charge is 2.29. The fraction of sp³-hybridized carbons (Fsp3) is 0.526. The summed E-state index contributed by atoms with van der Waals surface area (Å²) < 4.78 is 2.12. The van der Waals surface area contributed by atoms with Crippen molar-refractivity contribution < 1.29 is 0 Å². The van der Waals surface area contributed by atoms with Crippen molar-refractivity contribution in [3.8, 4) is 5.69 Å². The second-order valence-corrected chi connectivity index (χ2v) is 7.65. The van der Waals surface area contributed by atoms with Crippen molar-refractivity contribution in [3.63, 3.8) is 0 Å². The molecule has 0 saturated carbocycles. The number of piperidine rings is 1. The molecule has 2 heterocycles. The number of benzene rings is 1. The highest BCUT2D eigenvalue weighted by Crippen LogP contribution is 2.35. The quantitative estimate of drug-likeness (QED) is 0.924. The molecular weight excluding hydrogens is 284 g/mol. The molecule has 1 aliphatic rings. The van der Waals surface area contributed by atoms with Gasteiger partial charge in [0, 0.05) is 24.5 Å². The standard InChI is InChI=1S/C19H28N4/c1-14-7-5-6-8-16(14)23-18(19(2,3)4)17(13-21-23)22-11-9-15(20)10-12-22/h5-8,13,15H,9-12,20H2,1-4H3. The Balaban J connectivity index is 2.07. The molecule has 2 aromatic rings. The second-order valence-electron chi connectivity index (χ2n) is 7.65.